The van der Waals surface area contributed by atoms with Gasteiger partial charge in [-0.2, -0.15) is 0 Å². The molecule has 94 valence electrons. The van der Waals surface area contributed by atoms with Crippen molar-refractivity contribution < 1.29 is 4.74 Å². The number of halogens is 4. The molecule has 0 heterocycles. The first-order chi connectivity index (χ1) is 8.61. The number of alkyl halides is 1. The quantitative estimate of drug-likeness (QED) is 0.576. The van der Waals surface area contributed by atoms with Crippen molar-refractivity contribution >= 4 is 50.7 Å². The smallest absolute Gasteiger partial charge is 0.150 e. The number of benzene rings is 2. The predicted octanol–water partition coefficient (Wildman–Crippen LogP) is 6.33. The van der Waals surface area contributed by atoms with Gasteiger partial charge in [-0.05, 0) is 18.2 Å². The van der Waals surface area contributed by atoms with Gasteiger partial charge >= 0.3 is 0 Å². The normalized spacial score (nSPS) is 10.4. The Kier molecular flexibility index (Phi) is 4.79. The molecule has 0 atom stereocenters. The molecule has 0 aliphatic heterocycles. The summed E-state index contributed by atoms with van der Waals surface area (Å²) in [7, 11) is 0. The fourth-order valence-corrected chi connectivity index (χ4v) is 2.39. The van der Waals surface area contributed by atoms with Gasteiger partial charge in [0.2, 0.25) is 0 Å². The first-order valence-electron chi connectivity index (χ1n) is 5.08. The Morgan fingerprint density at radius 1 is 0.944 bits per heavy atom. The van der Waals surface area contributed by atoms with Gasteiger partial charge in [-0.25, -0.2) is 0 Å². The van der Waals surface area contributed by atoms with Crippen LogP contribution in [-0.4, -0.2) is 0 Å². The summed E-state index contributed by atoms with van der Waals surface area (Å²) in [5.41, 5.74) is 0.966. The molecule has 5 heteroatoms. The molecular formula is C13H8BrCl3O. The molecule has 0 saturated carbocycles. The number of hydrogen-bond donors (Lipinski definition) is 0. The van der Waals surface area contributed by atoms with Crippen LogP contribution in [0.25, 0.3) is 0 Å². The predicted molar refractivity (Wildman–Crippen MR) is 80.6 cm³/mol. The van der Waals surface area contributed by atoms with Crippen molar-refractivity contribution in [2.75, 3.05) is 0 Å². The molecule has 1 nitrogen and oxygen atoms in total. The van der Waals surface area contributed by atoms with E-state index in [-0.39, 0.29) is 0 Å². The summed E-state index contributed by atoms with van der Waals surface area (Å²) in [6.45, 7) is 0. The Morgan fingerprint density at radius 3 is 2.39 bits per heavy atom. The fraction of sp³-hybridized carbons (Fsp3) is 0.0769. The van der Waals surface area contributed by atoms with E-state index in [1.165, 1.54) is 0 Å². The number of hydrogen-bond acceptors (Lipinski definition) is 1. The van der Waals surface area contributed by atoms with E-state index in [2.05, 4.69) is 15.9 Å². The highest BCUT2D eigenvalue weighted by Gasteiger charge is 2.09. The van der Waals surface area contributed by atoms with Crippen LogP contribution in [0.5, 0.6) is 11.5 Å². The SMILES string of the molecule is Clc1ccc(Oc2c(Cl)cccc2CBr)cc1Cl. The second-order valence-electron chi connectivity index (χ2n) is 3.54. The molecule has 0 spiro atoms. The molecule has 0 N–H and O–H groups in total. The van der Waals surface area contributed by atoms with E-state index in [1.807, 2.05) is 12.1 Å². The van der Waals surface area contributed by atoms with Crippen LogP contribution in [0.3, 0.4) is 0 Å². The summed E-state index contributed by atoms with van der Waals surface area (Å²) >= 11 is 21.3. The van der Waals surface area contributed by atoms with Crippen molar-refractivity contribution in [2.24, 2.45) is 0 Å². The van der Waals surface area contributed by atoms with E-state index in [4.69, 9.17) is 39.5 Å². The average Bonchev–Trinajstić information content (AvgIpc) is 2.36. The van der Waals surface area contributed by atoms with Gasteiger partial charge in [-0.1, -0.05) is 62.9 Å². The molecule has 0 bridgehead atoms. The Hall–Kier alpha value is -0.410. The number of para-hydroxylation sites is 1. The topological polar surface area (TPSA) is 9.23 Å². The van der Waals surface area contributed by atoms with E-state index in [0.29, 0.717) is 31.9 Å². The molecule has 0 aromatic heterocycles. The van der Waals surface area contributed by atoms with Gasteiger partial charge in [-0.3, -0.25) is 0 Å². The molecule has 0 fully saturated rings. The van der Waals surface area contributed by atoms with Gasteiger partial charge in [0.25, 0.3) is 0 Å². The van der Waals surface area contributed by atoms with Crippen LogP contribution in [0.15, 0.2) is 36.4 Å². The van der Waals surface area contributed by atoms with E-state index in [9.17, 15) is 0 Å². The van der Waals surface area contributed by atoms with Crippen LogP contribution in [0.2, 0.25) is 15.1 Å². The Labute approximate surface area is 129 Å². The van der Waals surface area contributed by atoms with Gasteiger partial charge in [-0.15, -0.1) is 0 Å². The zero-order chi connectivity index (χ0) is 13.1. The van der Waals surface area contributed by atoms with Crippen molar-refractivity contribution in [1.82, 2.24) is 0 Å². The van der Waals surface area contributed by atoms with Crippen molar-refractivity contribution in [3.8, 4) is 11.5 Å². The van der Waals surface area contributed by atoms with E-state index in [0.717, 1.165) is 5.56 Å². The van der Waals surface area contributed by atoms with Crippen molar-refractivity contribution in [3.63, 3.8) is 0 Å². The zero-order valence-corrected chi connectivity index (χ0v) is 12.9. The largest absolute Gasteiger partial charge is 0.455 e. The fourth-order valence-electron chi connectivity index (χ4n) is 1.43. The van der Waals surface area contributed by atoms with Gasteiger partial charge in [0.05, 0.1) is 15.1 Å². The molecule has 0 saturated heterocycles. The Bertz CT molecular complexity index is 572. The van der Waals surface area contributed by atoms with Crippen LogP contribution in [0.4, 0.5) is 0 Å². The lowest BCUT2D eigenvalue weighted by atomic mass is 10.2. The first kappa shape index (κ1) is 14.0. The van der Waals surface area contributed by atoms with Crippen molar-refractivity contribution in [3.05, 3.63) is 57.0 Å². The third-order valence-electron chi connectivity index (χ3n) is 2.30. The third kappa shape index (κ3) is 3.12. The Balaban J connectivity index is 2.36. The van der Waals surface area contributed by atoms with Crippen molar-refractivity contribution in [2.45, 2.75) is 5.33 Å². The summed E-state index contributed by atoms with van der Waals surface area (Å²) in [6.07, 6.45) is 0. The molecule has 0 unspecified atom stereocenters. The van der Waals surface area contributed by atoms with Gasteiger partial charge in [0.1, 0.15) is 11.5 Å². The Morgan fingerprint density at radius 2 is 1.72 bits per heavy atom. The van der Waals surface area contributed by atoms with Crippen LogP contribution >= 0.6 is 50.7 Å². The standard InChI is InChI=1S/C13H8BrCl3O/c14-7-8-2-1-3-11(16)13(8)18-9-4-5-10(15)12(17)6-9/h1-6H,7H2. The molecule has 2 rings (SSSR count). The lowest BCUT2D eigenvalue weighted by Crippen LogP contribution is -1.90. The van der Waals surface area contributed by atoms with Crippen LogP contribution < -0.4 is 4.74 Å². The summed E-state index contributed by atoms with van der Waals surface area (Å²) in [4.78, 5) is 0. The monoisotopic (exact) mass is 364 g/mol. The maximum Gasteiger partial charge on any atom is 0.150 e. The lowest BCUT2D eigenvalue weighted by Gasteiger charge is -2.11. The summed E-state index contributed by atoms with van der Waals surface area (Å²) in [5, 5.41) is 2.15. The second-order valence-corrected chi connectivity index (χ2v) is 5.32. The van der Waals surface area contributed by atoms with Gasteiger partial charge in [0.15, 0.2) is 0 Å². The maximum atomic E-state index is 6.12. The molecule has 0 radical (unpaired) electrons. The highest BCUT2D eigenvalue weighted by atomic mass is 79.9. The lowest BCUT2D eigenvalue weighted by molar-refractivity contribution is 0.479. The molecule has 2 aromatic carbocycles. The molecule has 0 aliphatic rings. The van der Waals surface area contributed by atoms with Crippen LogP contribution in [-0.2, 0) is 5.33 Å². The summed E-state index contributed by atoms with van der Waals surface area (Å²) < 4.78 is 5.76. The molecule has 18 heavy (non-hydrogen) atoms. The van der Waals surface area contributed by atoms with E-state index < -0.39 is 0 Å². The highest BCUT2D eigenvalue weighted by molar-refractivity contribution is 9.08. The minimum absolute atomic E-state index is 0.446. The molecule has 0 aliphatic carbocycles. The van der Waals surface area contributed by atoms with Crippen LogP contribution in [0, 0.1) is 0 Å². The maximum absolute atomic E-state index is 6.12. The number of rotatable bonds is 3. The molecular weight excluding hydrogens is 358 g/mol. The van der Waals surface area contributed by atoms with Gasteiger partial charge in [0, 0.05) is 17.0 Å². The molecule has 0 amide bonds. The zero-order valence-electron chi connectivity index (χ0n) is 9.09. The summed E-state index contributed by atoms with van der Waals surface area (Å²) in [6, 6.07) is 10.7. The average molecular weight is 366 g/mol. The first-order valence-corrected chi connectivity index (χ1v) is 7.33. The number of ether oxygens (including phenoxy) is 1. The minimum Gasteiger partial charge on any atom is -0.455 e. The van der Waals surface area contributed by atoms with E-state index in [1.54, 1.807) is 24.3 Å². The van der Waals surface area contributed by atoms with Crippen LogP contribution in [0.1, 0.15) is 5.56 Å². The van der Waals surface area contributed by atoms with Gasteiger partial charge < -0.3 is 4.74 Å². The highest BCUT2D eigenvalue weighted by Crippen LogP contribution is 2.36. The third-order valence-corrected chi connectivity index (χ3v) is 3.94. The van der Waals surface area contributed by atoms with Crippen molar-refractivity contribution in [1.29, 1.82) is 0 Å². The second kappa shape index (κ2) is 6.16. The minimum atomic E-state index is 0.446. The summed E-state index contributed by atoms with van der Waals surface area (Å²) in [5.74, 6) is 1.22. The molecule has 2 aromatic rings. The van der Waals surface area contributed by atoms with E-state index >= 15 is 0 Å².